The number of amides is 4. The molecule has 1 saturated heterocycles. The fourth-order valence-electron chi connectivity index (χ4n) is 4.39. The summed E-state index contributed by atoms with van der Waals surface area (Å²) < 4.78 is 5.40. The van der Waals surface area contributed by atoms with E-state index in [9.17, 15) is 9.59 Å². The van der Waals surface area contributed by atoms with Crippen molar-refractivity contribution in [3.8, 4) is 0 Å². The van der Waals surface area contributed by atoms with E-state index in [1.807, 2.05) is 12.1 Å². The summed E-state index contributed by atoms with van der Waals surface area (Å²) in [6.07, 6.45) is 11.6. The molecule has 2 aliphatic rings. The summed E-state index contributed by atoms with van der Waals surface area (Å²) in [4.78, 5) is 37.1. The Kier molecular flexibility index (Phi) is 12.6. The Bertz CT molecular complexity index is 726. The summed E-state index contributed by atoms with van der Waals surface area (Å²) >= 11 is 0. The molecular formula is C25H42N6O4. The number of hydrogen-bond donors (Lipinski definition) is 3. The third-order valence-electron chi connectivity index (χ3n) is 6.44. The van der Waals surface area contributed by atoms with Crippen LogP contribution in [0.5, 0.6) is 0 Å². The number of unbranched alkanes of at least 4 members (excludes halogenated alkanes) is 2. The normalized spacial score (nSPS) is 17.0. The maximum atomic E-state index is 12.9. The monoisotopic (exact) mass is 490 g/mol. The number of hydrogen-bond acceptors (Lipinski definition) is 6. The number of aromatic nitrogens is 1. The van der Waals surface area contributed by atoms with Crippen molar-refractivity contribution in [2.75, 3.05) is 52.5 Å². The molecule has 0 unspecified atom stereocenters. The average molecular weight is 491 g/mol. The molecule has 0 bridgehead atoms. The lowest BCUT2D eigenvalue weighted by molar-refractivity contribution is -0.155. The Morgan fingerprint density at radius 1 is 1.06 bits per heavy atom. The van der Waals surface area contributed by atoms with Gasteiger partial charge in [-0.1, -0.05) is 25.3 Å². The van der Waals surface area contributed by atoms with Gasteiger partial charge in [0.25, 0.3) is 0 Å². The van der Waals surface area contributed by atoms with Crippen LogP contribution >= 0.6 is 0 Å². The standard InChI is InChI=1S/C25H42N6O4/c32-24(29-21-22-8-7-11-26-20-22)27-12-5-2-6-13-28-25(33)31(23-9-3-1-4-10-23)35-19-16-30-14-17-34-18-15-30/h7-8,11,20,23H,1-6,9-10,12-19,21H2,(H,28,33)(H2,27,29,32). The van der Waals surface area contributed by atoms with E-state index < -0.39 is 0 Å². The molecule has 0 aromatic carbocycles. The molecule has 196 valence electrons. The first-order valence-corrected chi connectivity index (χ1v) is 13.1. The lowest BCUT2D eigenvalue weighted by atomic mass is 9.95. The Morgan fingerprint density at radius 3 is 2.57 bits per heavy atom. The third kappa shape index (κ3) is 10.8. The number of nitrogens with one attached hydrogen (secondary N) is 3. The minimum absolute atomic E-state index is 0.133. The molecule has 3 N–H and O–H groups in total. The summed E-state index contributed by atoms with van der Waals surface area (Å²) in [6, 6.07) is 3.61. The van der Waals surface area contributed by atoms with Crippen LogP contribution in [0.15, 0.2) is 24.5 Å². The molecule has 10 heteroatoms. The van der Waals surface area contributed by atoms with Crippen LogP contribution in [0.3, 0.4) is 0 Å². The molecule has 2 heterocycles. The molecule has 1 aromatic rings. The van der Waals surface area contributed by atoms with Gasteiger partial charge in [-0.25, -0.2) is 14.7 Å². The van der Waals surface area contributed by atoms with Crippen molar-refractivity contribution in [2.24, 2.45) is 0 Å². The van der Waals surface area contributed by atoms with Gasteiger partial charge in [0.1, 0.15) is 0 Å². The van der Waals surface area contributed by atoms with Crippen LogP contribution in [0.4, 0.5) is 9.59 Å². The zero-order valence-electron chi connectivity index (χ0n) is 20.9. The average Bonchev–Trinajstić information content (AvgIpc) is 2.91. The number of carbonyl (C=O) groups excluding carboxylic acids is 2. The first kappa shape index (κ1) is 27.2. The maximum absolute atomic E-state index is 12.9. The van der Waals surface area contributed by atoms with E-state index in [1.54, 1.807) is 17.5 Å². The molecule has 1 aromatic heterocycles. The predicted octanol–water partition coefficient (Wildman–Crippen LogP) is 2.66. The molecule has 3 rings (SSSR count). The van der Waals surface area contributed by atoms with Gasteiger partial charge in [-0.05, 0) is 43.7 Å². The molecule has 2 fully saturated rings. The molecule has 10 nitrogen and oxygen atoms in total. The first-order valence-electron chi connectivity index (χ1n) is 13.1. The van der Waals surface area contributed by atoms with Crippen LogP contribution in [0.25, 0.3) is 0 Å². The van der Waals surface area contributed by atoms with Gasteiger partial charge in [-0.15, -0.1) is 0 Å². The highest BCUT2D eigenvalue weighted by Crippen LogP contribution is 2.23. The van der Waals surface area contributed by atoms with Crippen molar-refractivity contribution in [3.63, 3.8) is 0 Å². The van der Waals surface area contributed by atoms with Gasteiger partial charge in [-0.2, -0.15) is 0 Å². The van der Waals surface area contributed by atoms with Crippen molar-refractivity contribution in [1.29, 1.82) is 0 Å². The van der Waals surface area contributed by atoms with Gasteiger partial charge >= 0.3 is 12.1 Å². The summed E-state index contributed by atoms with van der Waals surface area (Å²) in [5, 5.41) is 10.3. The summed E-state index contributed by atoms with van der Waals surface area (Å²) in [5.41, 5.74) is 0.964. The van der Waals surface area contributed by atoms with Gasteiger partial charge in [-0.3, -0.25) is 14.7 Å². The Labute approximate surface area is 209 Å². The van der Waals surface area contributed by atoms with E-state index in [0.717, 1.165) is 83.4 Å². The second-order valence-electron chi connectivity index (χ2n) is 9.17. The molecule has 0 atom stereocenters. The molecule has 1 saturated carbocycles. The third-order valence-corrected chi connectivity index (χ3v) is 6.44. The summed E-state index contributed by atoms with van der Waals surface area (Å²) in [6.45, 7) is 6.34. The van der Waals surface area contributed by atoms with E-state index in [2.05, 4.69) is 25.8 Å². The van der Waals surface area contributed by atoms with E-state index >= 15 is 0 Å². The zero-order valence-corrected chi connectivity index (χ0v) is 20.9. The minimum Gasteiger partial charge on any atom is -0.379 e. The van der Waals surface area contributed by atoms with Crippen molar-refractivity contribution < 1.29 is 19.2 Å². The summed E-state index contributed by atoms with van der Waals surface area (Å²) in [5.74, 6) is 0. The second kappa shape index (κ2) is 16.3. The predicted molar refractivity (Wildman–Crippen MR) is 134 cm³/mol. The Morgan fingerprint density at radius 2 is 1.83 bits per heavy atom. The van der Waals surface area contributed by atoms with E-state index in [-0.39, 0.29) is 18.1 Å². The molecule has 1 aliphatic heterocycles. The molecule has 35 heavy (non-hydrogen) atoms. The van der Waals surface area contributed by atoms with Crippen LogP contribution in [0, 0.1) is 0 Å². The molecule has 4 amide bonds. The van der Waals surface area contributed by atoms with Crippen LogP contribution < -0.4 is 16.0 Å². The SMILES string of the molecule is O=C(NCCCCCNC(=O)N(OCCN1CCOCC1)C1CCCCC1)NCc1cccnc1. The van der Waals surface area contributed by atoms with Gasteiger partial charge in [0.2, 0.25) is 0 Å². The highest BCUT2D eigenvalue weighted by molar-refractivity contribution is 5.74. The molecular weight excluding hydrogens is 448 g/mol. The van der Waals surface area contributed by atoms with E-state index in [4.69, 9.17) is 9.57 Å². The molecule has 0 radical (unpaired) electrons. The molecule has 1 aliphatic carbocycles. The number of nitrogens with zero attached hydrogens (tertiary/aromatic N) is 3. The first-order chi connectivity index (χ1) is 17.2. The van der Waals surface area contributed by atoms with Gasteiger partial charge in [0.15, 0.2) is 0 Å². The minimum atomic E-state index is -0.181. The van der Waals surface area contributed by atoms with Crippen LogP contribution in [0.1, 0.15) is 56.9 Å². The van der Waals surface area contributed by atoms with Crippen LogP contribution in [-0.2, 0) is 16.1 Å². The zero-order chi connectivity index (χ0) is 24.6. The Balaban J connectivity index is 1.26. The van der Waals surface area contributed by atoms with Gasteiger partial charge in [0, 0.05) is 51.7 Å². The fraction of sp³-hybridized carbons (Fsp3) is 0.720. The van der Waals surface area contributed by atoms with Gasteiger partial charge < -0.3 is 20.7 Å². The van der Waals surface area contributed by atoms with Crippen molar-refractivity contribution in [3.05, 3.63) is 30.1 Å². The molecule has 0 spiro atoms. The Hall–Kier alpha value is -2.43. The smallest absolute Gasteiger partial charge is 0.341 e. The number of rotatable bonds is 13. The number of urea groups is 2. The maximum Gasteiger partial charge on any atom is 0.341 e. The number of pyridine rings is 1. The van der Waals surface area contributed by atoms with Crippen molar-refractivity contribution in [2.45, 2.75) is 64.0 Å². The number of ether oxygens (including phenoxy) is 1. The number of hydroxylamine groups is 2. The topological polar surface area (TPSA) is 108 Å². The lowest BCUT2D eigenvalue weighted by Crippen LogP contribution is -2.48. The fourth-order valence-corrected chi connectivity index (χ4v) is 4.39. The van der Waals surface area contributed by atoms with Crippen LogP contribution in [0.2, 0.25) is 0 Å². The van der Waals surface area contributed by atoms with Crippen molar-refractivity contribution in [1.82, 2.24) is 30.9 Å². The number of carbonyl (C=O) groups is 2. The van der Waals surface area contributed by atoms with Crippen LogP contribution in [-0.4, -0.2) is 85.6 Å². The quantitative estimate of drug-likeness (QED) is 0.290. The highest BCUT2D eigenvalue weighted by atomic mass is 16.7. The lowest BCUT2D eigenvalue weighted by Gasteiger charge is -2.34. The number of morpholine rings is 1. The largest absolute Gasteiger partial charge is 0.379 e. The second-order valence-corrected chi connectivity index (χ2v) is 9.17. The van der Waals surface area contributed by atoms with Gasteiger partial charge in [0.05, 0.1) is 25.9 Å². The van der Waals surface area contributed by atoms with E-state index in [1.165, 1.54) is 6.42 Å². The van der Waals surface area contributed by atoms with E-state index in [0.29, 0.717) is 26.2 Å². The highest BCUT2D eigenvalue weighted by Gasteiger charge is 2.26. The summed E-state index contributed by atoms with van der Waals surface area (Å²) in [7, 11) is 0. The van der Waals surface area contributed by atoms with Crippen molar-refractivity contribution >= 4 is 12.1 Å².